The van der Waals surface area contributed by atoms with Crippen molar-refractivity contribution >= 4 is 24.4 Å². The van der Waals surface area contributed by atoms with Crippen LogP contribution in [0.3, 0.4) is 0 Å². The van der Waals surface area contributed by atoms with Crippen molar-refractivity contribution in [1.29, 1.82) is 0 Å². The number of hydrogen-bond donors (Lipinski definition) is 1. The van der Waals surface area contributed by atoms with Crippen LogP contribution in [0.15, 0.2) is 0 Å². The topological polar surface area (TPSA) is 0 Å². The van der Waals surface area contributed by atoms with Crippen molar-refractivity contribution in [2.45, 2.75) is 13.8 Å². The van der Waals surface area contributed by atoms with E-state index in [4.69, 9.17) is 0 Å². The van der Waals surface area contributed by atoms with E-state index in [9.17, 15) is 0 Å². The highest BCUT2D eigenvalue weighted by Crippen LogP contribution is 2.07. The van der Waals surface area contributed by atoms with E-state index in [2.05, 4.69) is 26.5 Å². The molecular formula is C6H14S2. The van der Waals surface area contributed by atoms with E-state index < -0.39 is 0 Å². The fraction of sp³-hybridized carbons (Fsp3) is 1.00. The second-order valence-corrected chi connectivity index (χ2v) is 3.63. The highest BCUT2D eigenvalue weighted by Gasteiger charge is 1.95. The van der Waals surface area contributed by atoms with E-state index in [1.807, 2.05) is 11.8 Å². The van der Waals surface area contributed by atoms with Crippen LogP contribution in [-0.4, -0.2) is 17.3 Å². The van der Waals surface area contributed by atoms with Gasteiger partial charge in [-0.1, -0.05) is 13.8 Å². The molecule has 0 aromatic carbocycles. The van der Waals surface area contributed by atoms with Gasteiger partial charge in [0.25, 0.3) is 0 Å². The van der Waals surface area contributed by atoms with Crippen molar-refractivity contribution in [2.24, 2.45) is 5.92 Å². The molecule has 50 valence electrons. The molecule has 0 amide bonds. The van der Waals surface area contributed by atoms with Crippen LogP contribution in [0.5, 0.6) is 0 Å². The first-order valence-electron chi connectivity index (χ1n) is 2.99. The zero-order valence-electron chi connectivity index (χ0n) is 5.55. The predicted molar refractivity (Wildman–Crippen MR) is 46.0 cm³/mol. The van der Waals surface area contributed by atoms with Crippen LogP contribution >= 0.6 is 24.4 Å². The Morgan fingerprint density at radius 3 is 2.62 bits per heavy atom. The second-order valence-electron chi connectivity index (χ2n) is 1.95. The predicted octanol–water partition coefficient (Wildman–Crippen LogP) is 2.31. The molecule has 1 unspecified atom stereocenters. The molecule has 0 rings (SSSR count). The first kappa shape index (κ1) is 8.70. The fourth-order valence-electron chi connectivity index (χ4n) is 0.372. The van der Waals surface area contributed by atoms with Gasteiger partial charge in [-0.2, -0.15) is 24.4 Å². The Hall–Kier alpha value is 0.700. The normalized spacial score (nSPS) is 13.9. The highest BCUT2D eigenvalue weighted by molar-refractivity contribution is 7.99. The van der Waals surface area contributed by atoms with Gasteiger partial charge in [0.05, 0.1) is 0 Å². The quantitative estimate of drug-likeness (QED) is 0.600. The lowest BCUT2D eigenvalue weighted by Crippen LogP contribution is -1.98. The third-order valence-corrected chi connectivity index (χ3v) is 2.75. The summed E-state index contributed by atoms with van der Waals surface area (Å²) in [6.45, 7) is 4.42. The minimum Gasteiger partial charge on any atom is -0.179 e. The van der Waals surface area contributed by atoms with Gasteiger partial charge in [-0.3, -0.25) is 0 Å². The zero-order chi connectivity index (χ0) is 6.41. The van der Waals surface area contributed by atoms with E-state index >= 15 is 0 Å². The van der Waals surface area contributed by atoms with Crippen molar-refractivity contribution in [3.8, 4) is 0 Å². The van der Waals surface area contributed by atoms with Crippen molar-refractivity contribution < 1.29 is 0 Å². The maximum atomic E-state index is 4.18. The molecule has 0 aromatic rings. The molecule has 0 saturated carbocycles. The van der Waals surface area contributed by atoms with Gasteiger partial charge in [-0.15, -0.1) is 0 Å². The molecule has 0 aliphatic rings. The Morgan fingerprint density at radius 2 is 2.25 bits per heavy atom. The highest BCUT2D eigenvalue weighted by atomic mass is 32.2. The van der Waals surface area contributed by atoms with E-state index in [0.29, 0.717) is 0 Å². The molecule has 0 nitrogen and oxygen atoms in total. The summed E-state index contributed by atoms with van der Waals surface area (Å²) in [6, 6.07) is 0. The molecule has 0 radical (unpaired) electrons. The SMILES string of the molecule is CCSCC(C)CS. The number of rotatable bonds is 4. The molecule has 0 aliphatic heterocycles. The van der Waals surface area contributed by atoms with E-state index in [-0.39, 0.29) is 0 Å². The summed E-state index contributed by atoms with van der Waals surface area (Å²) < 4.78 is 0. The minimum absolute atomic E-state index is 0.781. The summed E-state index contributed by atoms with van der Waals surface area (Å²) in [5, 5.41) is 0. The van der Waals surface area contributed by atoms with Crippen molar-refractivity contribution in [3.63, 3.8) is 0 Å². The molecule has 0 heterocycles. The van der Waals surface area contributed by atoms with Crippen LogP contribution in [0, 0.1) is 5.92 Å². The number of thiol groups is 1. The molecule has 1 atom stereocenters. The van der Waals surface area contributed by atoms with Crippen molar-refractivity contribution in [2.75, 3.05) is 17.3 Å². The van der Waals surface area contributed by atoms with Gasteiger partial charge in [-0.25, -0.2) is 0 Å². The lowest BCUT2D eigenvalue weighted by Gasteiger charge is -2.03. The van der Waals surface area contributed by atoms with E-state index in [1.54, 1.807) is 0 Å². The van der Waals surface area contributed by atoms with Crippen molar-refractivity contribution in [3.05, 3.63) is 0 Å². The van der Waals surface area contributed by atoms with Crippen LogP contribution in [0.25, 0.3) is 0 Å². The van der Waals surface area contributed by atoms with Gasteiger partial charge in [0.1, 0.15) is 0 Å². The molecule has 0 aliphatic carbocycles. The smallest absolute Gasteiger partial charge is 0.00341 e. The van der Waals surface area contributed by atoms with Crippen LogP contribution in [0.4, 0.5) is 0 Å². The average Bonchev–Trinajstić information content (AvgIpc) is 1.83. The first-order valence-corrected chi connectivity index (χ1v) is 4.78. The van der Waals surface area contributed by atoms with Gasteiger partial charge in [-0.05, 0) is 23.2 Å². The van der Waals surface area contributed by atoms with Gasteiger partial charge >= 0.3 is 0 Å². The van der Waals surface area contributed by atoms with E-state index in [1.165, 1.54) is 11.5 Å². The zero-order valence-corrected chi connectivity index (χ0v) is 7.27. The van der Waals surface area contributed by atoms with Gasteiger partial charge in [0.2, 0.25) is 0 Å². The molecule has 0 aromatic heterocycles. The van der Waals surface area contributed by atoms with Crippen LogP contribution in [0.2, 0.25) is 0 Å². The largest absolute Gasteiger partial charge is 0.179 e. The molecule has 0 bridgehead atoms. The molecule has 0 fully saturated rings. The average molecular weight is 150 g/mol. The summed E-state index contributed by atoms with van der Waals surface area (Å²) >= 11 is 6.17. The molecule has 8 heavy (non-hydrogen) atoms. The number of hydrogen-bond acceptors (Lipinski definition) is 2. The lowest BCUT2D eigenvalue weighted by atomic mass is 10.3. The fourth-order valence-corrected chi connectivity index (χ4v) is 1.43. The Kier molecular flexibility index (Phi) is 6.34. The minimum atomic E-state index is 0.781. The molecule has 0 N–H and O–H groups in total. The van der Waals surface area contributed by atoms with Gasteiger partial charge < -0.3 is 0 Å². The standard InChI is InChI=1S/C6H14S2/c1-3-8-5-6(2)4-7/h6-7H,3-5H2,1-2H3. The molecular weight excluding hydrogens is 136 g/mol. The molecule has 0 saturated heterocycles. The lowest BCUT2D eigenvalue weighted by molar-refractivity contribution is 0.767. The number of thioether (sulfide) groups is 1. The summed E-state index contributed by atoms with van der Waals surface area (Å²) in [5.41, 5.74) is 0. The third-order valence-electron chi connectivity index (χ3n) is 0.918. The third kappa shape index (κ3) is 4.85. The van der Waals surface area contributed by atoms with Crippen molar-refractivity contribution in [1.82, 2.24) is 0 Å². The van der Waals surface area contributed by atoms with E-state index in [0.717, 1.165) is 11.7 Å². The second kappa shape index (κ2) is 5.83. The van der Waals surface area contributed by atoms with Gasteiger partial charge in [0.15, 0.2) is 0 Å². The summed E-state index contributed by atoms with van der Waals surface area (Å²) in [6.07, 6.45) is 0. The van der Waals surface area contributed by atoms with Crippen LogP contribution in [0.1, 0.15) is 13.8 Å². The maximum Gasteiger partial charge on any atom is -0.00341 e. The summed E-state index contributed by atoms with van der Waals surface area (Å²) in [4.78, 5) is 0. The Labute approximate surface area is 61.8 Å². The van der Waals surface area contributed by atoms with Crippen LogP contribution in [-0.2, 0) is 0 Å². The first-order chi connectivity index (χ1) is 3.81. The Morgan fingerprint density at radius 1 is 1.62 bits per heavy atom. The Balaban J connectivity index is 2.86. The van der Waals surface area contributed by atoms with Crippen LogP contribution < -0.4 is 0 Å². The van der Waals surface area contributed by atoms with Gasteiger partial charge in [0, 0.05) is 0 Å². The Bertz CT molecular complexity index is 45.8. The molecule has 0 spiro atoms. The maximum absolute atomic E-state index is 4.18. The summed E-state index contributed by atoms with van der Waals surface area (Å²) in [7, 11) is 0. The molecule has 2 heteroatoms. The summed E-state index contributed by atoms with van der Waals surface area (Å²) in [5.74, 6) is 4.30. The monoisotopic (exact) mass is 150 g/mol.